The lowest BCUT2D eigenvalue weighted by molar-refractivity contribution is 0.151. The molecule has 1 nitrogen and oxygen atoms in total. The maximum absolute atomic E-state index is 6.28. The second-order valence-electron chi connectivity index (χ2n) is 9.78. The molecule has 31 heavy (non-hydrogen) atoms. The molecule has 0 amide bonds. The molecule has 0 aliphatic carbocycles. The first-order valence-corrected chi connectivity index (χ1v) is 13.9. The third-order valence-corrected chi connectivity index (χ3v) is 9.68. The minimum absolute atomic E-state index is 0.146. The normalized spacial score (nSPS) is 24.4. The smallest absolute Gasteiger partial charge is 0.175 e. The molecule has 6 rings (SSSR count). The number of rotatable bonds is 1. The molecular formula is C29H28OSi. The molecule has 1 heterocycles. The Bertz CT molecular complexity index is 1460. The summed E-state index contributed by atoms with van der Waals surface area (Å²) in [5.41, 5.74) is 1.68. The molecule has 1 aliphatic rings. The van der Waals surface area contributed by atoms with Gasteiger partial charge < -0.3 is 4.43 Å². The summed E-state index contributed by atoms with van der Waals surface area (Å²) in [7, 11) is -1.19. The number of benzene rings is 5. The van der Waals surface area contributed by atoms with Gasteiger partial charge in [0.15, 0.2) is 9.04 Å². The van der Waals surface area contributed by atoms with Crippen molar-refractivity contribution >= 4 is 52.1 Å². The van der Waals surface area contributed by atoms with E-state index in [1.165, 1.54) is 54.7 Å². The van der Waals surface area contributed by atoms with E-state index in [9.17, 15) is 0 Å². The van der Waals surface area contributed by atoms with Crippen LogP contribution in [0, 0.1) is 0 Å². The van der Waals surface area contributed by atoms with E-state index in [1.54, 1.807) is 0 Å². The SMILES string of the molecule is CC1CC(C)(c2c3ccccc3cc3c2ccc2cc4ccccc4cc23)C[SiH](C)O1. The Hall–Kier alpha value is -2.68. The molecule has 5 aromatic carbocycles. The standard InChI is InChI=1S/C29H28OSi/c1-19-17-29(2,18-31(3)30-19)28-24-11-7-6-10-22(24)16-27-25(28)13-12-23-14-20-8-4-5-9-21(20)15-26(23)27/h4-16,19,31H,17-18H2,1-3H3. The van der Waals surface area contributed by atoms with Crippen molar-refractivity contribution in [1.29, 1.82) is 0 Å². The van der Waals surface area contributed by atoms with Gasteiger partial charge >= 0.3 is 0 Å². The monoisotopic (exact) mass is 420 g/mol. The Balaban J connectivity index is 1.75. The lowest BCUT2D eigenvalue weighted by Crippen LogP contribution is -2.41. The van der Waals surface area contributed by atoms with E-state index in [0.29, 0.717) is 6.10 Å². The summed E-state index contributed by atoms with van der Waals surface area (Å²) < 4.78 is 6.28. The van der Waals surface area contributed by atoms with Gasteiger partial charge in [-0.1, -0.05) is 67.6 Å². The summed E-state index contributed by atoms with van der Waals surface area (Å²) in [4.78, 5) is 0. The summed E-state index contributed by atoms with van der Waals surface area (Å²) in [6.45, 7) is 7.11. The van der Waals surface area contributed by atoms with E-state index < -0.39 is 9.04 Å². The molecule has 0 saturated carbocycles. The fourth-order valence-electron chi connectivity index (χ4n) is 6.26. The minimum Gasteiger partial charge on any atom is -0.418 e. The highest BCUT2D eigenvalue weighted by molar-refractivity contribution is 6.51. The molecule has 2 heteroatoms. The van der Waals surface area contributed by atoms with Gasteiger partial charge in [-0.05, 0) is 98.2 Å². The van der Waals surface area contributed by atoms with Gasteiger partial charge in [0, 0.05) is 6.10 Å². The predicted octanol–water partition coefficient (Wildman–Crippen LogP) is 7.72. The average molecular weight is 421 g/mol. The minimum atomic E-state index is -1.19. The Labute approximate surface area is 185 Å². The molecular weight excluding hydrogens is 392 g/mol. The first kappa shape index (κ1) is 19.0. The third-order valence-electron chi connectivity index (χ3n) is 7.27. The van der Waals surface area contributed by atoms with Crippen LogP contribution >= 0.6 is 0 Å². The average Bonchev–Trinajstić information content (AvgIpc) is 2.75. The molecule has 3 unspecified atom stereocenters. The molecule has 0 radical (unpaired) electrons. The van der Waals surface area contributed by atoms with Gasteiger partial charge in [0.25, 0.3) is 0 Å². The fraction of sp³-hybridized carbons (Fsp3) is 0.241. The zero-order chi connectivity index (χ0) is 21.2. The first-order valence-electron chi connectivity index (χ1n) is 11.4. The Kier molecular flexibility index (Phi) is 4.24. The van der Waals surface area contributed by atoms with Crippen LogP contribution in [0.5, 0.6) is 0 Å². The maximum Gasteiger partial charge on any atom is 0.175 e. The molecule has 0 bridgehead atoms. The van der Waals surface area contributed by atoms with Crippen LogP contribution in [0.4, 0.5) is 0 Å². The molecule has 0 spiro atoms. The van der Waals surface area contributed by atoms with Crippen molar-refractivity contribution in [3.63, 3.8) is 0 Å². The van der Waals surface area contributed by atoms with E-state index in [1.807, 2.05) is 0 Å². The van der Waals surface area contributed by atoms with Crippen LogP contribution in [0.3, 0.4) is 0 Å². The van der Waals surface area contributed by atoms with Gasteiger partial charge in [-0.15, -0.1) is 0 Å². The quantitative estimate of drug-likeness (QED) is 0.153. The summed E-state index contributed by atoms with van der Waals surface area (Å²) >= 11 is 0. The van der Waals surface area contributed by atoms with Crippen molar-refractivity contribution in [3.8, 4) is 0 Å². The van der Waals surface area contributed by atoms with E-state index in [-0.39, 0.29) is 5.41 Å². The van der Waals surface area contributed by atoms with Crippen LogP contribution in [0.25, 0.3) is 43.1 Å². The predicted molar refractivity (Wildman–Crippen MR) is 137 cm³/mol. The van der Waals surface area contributed by atoms with Crippen LogP contribution < -0.4 is 0 Å². The summed E-state index contributed by atoms with van der Waals surface area (Å²) in [5, 5.41) is 10.8. The highest BCUT2D eigenvalue weighted by atomic mass is 28.3. The number of hydrogen-bond acceptors (Lipinski definition) is 1. The number of hydrogen-bond donors (Lipinski definition) is 0. The Morgan fingerprint density at radius 1 is 0.742 bits per heavy atom. The Morgan fingerprint density at radius 2 is 1.39 bits per heavy atom. The van der Waals surface area contributed by atoms with Crippen LogP contribution in [0.15, 0.2) is 78.9 Å². The van der Waals surface area contributed by atoms with Crippen molar-refractivity contribution in [2.75, 3.05) is 0 Å². The van der Waals surface area contributed by atoms with Gasteiger partial charge in [-0.3, -0.25) is 0 Å². The lowest BCUT2D eigenvalue weighted by atomic mass is 9.74. The van der Waals surface area contributed by atoms with Crippen molar-refractivity contribution in [2.24, 2.45) is 0 Å². The molecule has 3 atom stereocenters. The zero-order valence-electron chi connectivity index (χ0n) is 18.5. The van der Waals surface area contributed by atoms with Gasteiger partial charge in [0.05, 0.1) is 0 Å². The summed E-state index contributed by atoms with van der Waals surface area (Å²) in [5.74, 6) is 0. The van der Waals surface area contributed by atoms with Crippen molar-refractivity contribution in [3.05, 3.63) is 84.4 Å². The van der Waals surface area contributed by atoms with Gasteiger partial charge in [-0.2, -0.15) is 0 Å². The van der Waals surface area contributed by atoms with Crippen molar-refractivity contribution in [1.82, 2.24) is 0 Å². The van der Waals surface area contributed by atoms with E-state index in [4.69, 9.17) is 4.43 Å². The number of fused-ring (bicyclic) bond motifs is 5. The van der Waals surface area contributed by atoms with E-state index >= 15 is 0 Å². The fourth-order valence-corrected chi connectivity index (χ4v) is 8.89. The van der Waals surface area contributed by atoms with Gasteiger partial charge in [0.1, 0.15) is 0 Å². The van der Waals surface area contributed by atoms with Crippen LogP contribution in [0.2, 0.25) is 12.6 Å². The molecule has 154 valence electrons. The molecule has 0 aromatic heterocycles. The molecule has 0 N–H and O–H groups in total. The molecule has 5 aromatic rings. The first-order chi connectivity index (χ1) is 15.0. The topological polar surface area (TPSA) is 9.23 Å². The second kappa shape index (κ2) is 6.91. The zero-order valence-corrected chi connectivity index (χ0v) is 19.6. The van der Waals surface area contributed by atoms with Crippen LogP contribution in [-0.2, 0) is 9.84 Å². The summed E-state index contributed by atoms with van der Waals surface area (Å²) in [6, 6.07) is 30.7. The molecule has 1 saturated heterocycles. The Morgan fingerprint density at radius 3 is 2.16 bits per heavy atom. The van der Waals surface area contributed by atoms with E-state index in [2.05, 4.69) is 99.3 Å². The van der Waals surface area contributed by atoms with Gasteiger partial charge in [-0.25, -0.2) is 0 Å². The second-order valence-corrected chi connectivity index (χ2v) is 12.1. The molecule has 1 aliphatic heterocycles. The summed E-state index contributed by atoms with van der Waals surface area (Å²) in [6.07, 6.45) is 1.42. The largest absolute Gasteiger partial charge is 0.418 e. The van der Waals surface area contributed by atoms with Crippen molar-refractivity contribution in [2.45, 2.75) is 44.4 Å². The van der Waals surface area contributed by atoms with Crippen molar-refractivity contribution < 1.29 is 4.43 Å². The van der Waals surface area contributed by atoms with Crippen LogP contribution in [0.1, 0.15) is 25.8 Å². The highest BCUT2D eigenvalue weighted by Crippen LogP contribution is 2.46. The van der Waals surface area contributed by atoms with Gasteiger partial charge in [0.2, 0.25) is 0 Å². The third kappa shape index (κ3) is 3.01. The lowest BCUT2D eigenvalue weighted by Gasteiger charge is -2.42. The van der Waals surface area contributed by atoms with E-state index in [0.717, 1.165) is 6.42 Å². The molecule has 1 fully saturated rings. The highest BCUT2D eigenvalue weighted by Gasteiger charge is 2.38. The maximum atomic E-state index is 6.28. The van der Waals surface area contributed by atoms with Crippen LogP contribution in [-0.4, -0.2) is 15.1 Å².